The van der Waals surface area contributed by atoms with Crippen LogP contribution in [0.2, 0.25) is 0 Å². The number of rotatable bonds is 9. The molecule has 0 radical (unpaired) electrons. The number of carbonyl (C=O) groups is 2. The van der Waals surface area contributed by atoms with Crippen LogP contribution in [0.15, 0.2) is 83.7 Å². The van der Waals surface area contributed by atoms with Crippen molar-refractivity contribution in [3.05, 3.63) is 116 Å². The van der Waals surface area contributed by atoms with Crippen molar-refractivity contribution in [3.8, 4) is 16.9 Å². The second-order valence-corrected chi connectivity index (χ2v) is 8.40. The summed E-state index contributed by atoms with van der Waals surface area (Å²) >= 11 is 0. The summed E-state index contributed by atoms with van der Waals surface area (Å²) in [5.41, 5.74) is 2.18. The van der Waals surface area contributed by atoms with Gasteiger partial charge in [0.05, 0.1) is 22.8 Å². The molecule has 0 aliphatic carbocycles. The molecule has 1 heterocycles. The molecule has 0 bridgehead atoms. The Bertz CT molecular complexity index is 1500. The van der Waals surface area contributed by atoms with Crippen LogP contribution >= 0.6 is 0 Å². The molecule has 1 N–H and O–H groups in total. The number of aromatic amines is 1. The van der Waals surface area contributed by atoms with E-state index in [0.717, 1.165) is 5.56 Å². The molecule has 9 nitrogen and oxygen atoms in total. The van der Waals surface area contributed by atoms with E-state index in [4.69, 9.17) is 0 Å². The molecule has 9 heteroatoms. The molecule has 0 saturated heterocycles. The van der Waals surface area contributed by atoms with Gasteiger partial charge in [-0.1, -0.05) is 55.5 Å². The number of likely N-dealkylation sites (N-methyl/N-ethyl adjacent to an activating group) is 1. The maximum absolute atomic E-state index is 13.6. The van der Waals surface area contributed by atoms with Gasteiger partial charge in [-0.15, -0.1) is 0 Å². The number of hydrogen-bond acceptors (Lipinski definition) is 5. The number of nitro benzene ring substituents is 1. The molecule has 0 aliphatic rings. The predicted molar refractivity (Wildman–Crippen MR) is 140 cm³/mol. The average Bonchev–Trinajstić information content (AvgIpc) is 3.28. The van der Waals surface area contributed by atoms with E-state index in [0.29, 0.717) is 23.4 Å². The van der Waals surface area contributed by atoms with Gasteiger partial charge in [-0.2, -0.15) is 0 Å². The predicted octanol–water partition coefficient (Wildman–Crippen LogP) is 4.65. The lowest BCUT2D eigenvalue weighted by Crippen LogP contribution is -2.37. The van der Waals surface area contributed by atoms with Crippen molar-refractivity contribution in [2.75, 3.05) is 13.1 Å². The molecule has 37 heavy (non-hydrogen) atoms. The van der Waals surface area contributed by atoms with Crippen molar-refractivity contribution >= 4 is 17.4 Å². The van der Waals surface area contributed by atoms with Gasteiger partial charge in [0.2, 0.25) is 0 Å². The number of aromatic nitrogens is 2. The Morgan fingerprint density at radius 1 is 0.946 bits per heavy atom. The minimum absolute atomic E-state index is 0.0351. The van der Waals surface area contributed by atoms with Crippen LogP contribution in [0, 0.1) is 10.1 Å². The number of nitrogens with one attached hydrogen (secondary N) is 1. The monoisotopic (exact) mass is 498 g/mol. The molecule has 4 aromatic rings. The highest BCUT2D eigenvalue weighted by molar-refractivity contribution is 6.05. The molecule has 188 valence electrons. The van der Waals surface area contributed by atoms with E-state index < -0.39 is 22.2 Å². The summed E-state index contributed by atoms with van der Waals surface area (Å²) in [5.74, 6) is -0.968. The van der Waals surface area contributed by atoms with E-state index in [1.54, 1.807) is 19.1 Å². The Hall–Kier alpha value is -4.79. The van der Waals surface area contributed by atoms with Crippen LogP contribution in [0.5, 0.6) is 0 Å². The Morgan fingerprint density at radius 2 is 1.59 bits per heavy atom. The molecule has 0 fully saturated rings. The van der Waals surface area contributed by atoms with Gasteiger partial charge < -0.3 is 4.90 Å². The van der Waals surface area contributed by atoms with Crippen molar-refractivity contribution in [3.63, 3.8) is 0 Å². The zero-order valence-corrected chi connectivity index (χ0v) is 20.5. The molecule has 0 saturated carbocycles. The maximum atomic E-state index is 13.6. The first-order valence-electron chi connectivity index (χ1n) is 11.9. The topological polar surface area (TPSA) is 118 Å². The number of aryl methyl sites for hydroxylation is 1. The zero-order chi connectivity index (χ0) is 26.5. The number of nitrogens with zero attached hydrogens (tertiary/aromatic N) is 3. The molecule has 3 aromatic carbocycles. The largest absolute Gasteiger partial charge is 0.331 e. The van der Waals surface area contributed by atoms with E-state index in [2.05, 4.69) is 5.10 Å². The molecule has 0 unspecified atom stereocenters. The Kier molecular flexibility index (Phi) is 7.43. The summed E-state index contributed by atoms with van der Waals surface area (Å²) in [6.07, 6.45) is 0.693. The molecule has 0 aliphatic heterocycles. The fourth-order valence-corrected chi connectivity index (χ4v) is 4.20. The second-order valence-electron chi connectivity index (χ2n) is 8.40. The smallest absolute Gasteiger partial charge is 0.282 e. The van der Waals surface area contributed by atoms with Crippen molar-refractivity contribution in [2.24, 2.45) is 0 Å². The molecule has 0 spiro atoms. The van der Waals surface area contributed by atoms with Crippen LogP contribution in [0.4, 0.5) is 5.69 Å². The second kappa shape index (κ2) is 10.9. The van der Waals surface area contributed by atoms with Crippen LogP contribution in [-0.2, 0) is 6.42 Å². The Balaban J connectivity index is 1.73. The van der Waals surface area contributed by atoms with Crippen LogP contribution in [0.3, 0.4) is 0 Å². The van der Waals surface area contributed by atoms with Gasteiger partial charge >= 0.3 is 0 Å². The number of nitro groups is 1. The van der Waals surface area contributed by atoms with E-state index >= 15 is 0 Å². The van der Waals surface area contributed by atoms with E-state index in [9.17, 15) is 24.5 Å². The zero-order valence-electron chi connectivity index (χ0n) is 20.5. The first-order valence-corrected chi connectivity index (χ1v) is 11.9. The molecular weight excluding hydrogens is 472 g/mol. The highest BCUT2D eigenvalue weighted by Crippen LogP contribution is 2.23. The van der Waals surface area contributed by atoms with Crippen molar-refractivity contribution in [2.45, 2.75) is 20.3 Å². The van der Waals surface area contributed by atoms with E-state index in [-0.39, 0.29) is 29.9 Å². The fourth-order valence-electron chi connectivity index (χ4n) is 4.20. The number of carbonyl (C=O) groups excluding carboxylic acids is 2. The lowest BCUT2D eigenvalue weighted by Gasteiger charge is -2.20. The fraction of sp³-hybridized carbons (Fsp3) is 0.179. The van der Waals surface area contributed by atoms with Crippen molar-refractivity contribution in [1.29, 1.82) is 0 Å². The summed E-state index contributed by atoms with van der Waals surface area (Å²) in [6.45, 7) is 3.59. The molecule has 1 amide bonds. The number of ketones is 1. The third kappa shape index (κ3) is 5.11. The van der Waals surface area contributed by atoms with Crippen LogP contribution in [-0.4, -0.2) is 44.4 Å². The van der Waals surface area contributed by atoms with Gasteiger partial charge in [0, 0.05) is 29.8 Å². The Labute approximate surface area is 213 Å². The summed E-state index contributed by atoms with van der Waals surface area (Å²) in [5, 5.41) is 14.1. The van der Waals surface area contributed by atoms with Gasteiger partial charge in [0.25, 0.3) is 17.2 Å². The van der Waals surface area contributed by atoms with Crippen molar-refractivity contribution < 1.29 is 14.5 Å². The molecule has 0 atom stereocenters. The number of hydrogen-bond donors (Lipinski definition) is 1. The molecular formula is C28H26N4O5. The van der Waals surface area contributed by atoms with Crippen LogP contribution in [0.1, 0.15) is 40.1 Å². The van der Waals surface area contributed by atoms with Crippen molar-refractivity contribution in [1.82, 2.24) is 14.7 Å². The minimum atomic E-state index is -0.548. The first kappa shape index (κ1) is 25.3. The summed E-state index contributed by atoms with van der Waals surface area (Å²) < 4.78 is 1.38. The van der Waals surface area contributed by atoms with Gasteiger partial charge in [-0.25, -0.2) is 4.68 Å². The van der Waals surface area contributed by atoms with Gasteiger partial charge in [-0.05, 0) is 37.1 Å². The van der Waals surface area contributed by atoms with Gasteiger partial charge in [-0.3, -0.25) is 29.6 Å². The van der Waals surface area contributed by atoms with Gasteiger partial charge in [0.15, 0.2) is 5.78 Å². The number of benzene rings is 3. The number of non-ortho nitro benzene ring substituents is 1. The minimum Gasteiger partial charge on any atom is -0.331 e. The maximum Gasteiger partial charge on any atom is 0.282 e. The number of H-pyrrole nitrogens is 1. The van der Waals surface area contributed by atoms with Crippen LogP contribution < -0.4 is 5.56 Å². The quantitative estimate of drug-likeness (QED) is 0.205. The third-order valence-corrected chi connectivity index (χ3v) is 6.17. The standard InChI is InChI=1S/C28H26N4O5/c1-3-19-10-8-9-13-23(19)31-28(35)25(26(29-31)20-11-6-5-7-12-20)24(33)18-30(4-2)27(34)21-14-16-22(17-15-21)32(36)37/h5-17,29H,3-4,18H2,1-2H3. The third-order valence-electron chi connectivity index (χ3n) is 6.17. The number of Topliss-reactive ketones (excluding diaryl/α,β-unsaturated/α-hetero) is 1. The summed E-state index contributed by atoms with van der Waals surface area (Å²) in [4.78, 5) is 52.0. The summed E-state index contributed by atoms with van der Waals surface area (Å²) in [7, 11) is 0. The first-order chi connectivity index (χ1) is 17.8. The Morgan fingerprint density at radius 3 is 2.22 bits per heavy atom. The highest BCUT2D eigenvalue weighted by Gasteiger charge is 2.27. The SMILES string of the molecule is CCc1ccccc1-n1[nH]c(-c2ccccc2)c(C(=O)CN(CC)C(=O)c2ccc([N+](=O)[O-])cc2)c1=O. The number of amides is 1. The molecule has 4 rings (SSSR count). The van der Waals surface area contributed by atoms with E-state index in [1.165, 1.54) is 33.8 Å². The normalized spacial score (nSPS) is 10.8. The lowest BCUT2D eigenvalue weighted by atomic mass is 10.0. The van der Waals surface area contributed by atoms with Crippen LogP contribution in [0.25, 0.3) is 16.9 Å². The van der Waals surface area contributed by atoms with E-state index in [1.807, 2.05) is 49.4 Å². The number of para-hydroxylation sites is 1. The lowest BCUT2D eigenvalue weighted by molar-refractivity contribution is -0.384. The average molecular weight is 499 g/mol. The molecule has 1 aromatic heterocycles. The van der Waals surface area contributed by atoms with Gasteiger partial charge in [0.1, 0.15) is 5.56 Å². The summed E-state index contributed by atoms with van der Waals surface area (Å²) in [6, 6.07) is 21.7. The highest BCUT2D eigenvalue weighted by atomic mass is 16.6.